The number of primary amides is 1. The average molecular weight is 288 g/mol. The van der Waals surface area contributed by atoms with Crippen LogP contribution in [0.3, 0.4) is 0 Å². The highest BCUT2D eigenvalue weighted by molar-refractivity contribution is 7.99. The summed E-state index contributed by atoms with van der Waals surface area (Å²) in [4.78, 5) is 22.2. The molecule has 0 saturated heterocycles. The lowest BCUT2D eigenvalue weighted by atomic mass is 10.1. The first-order valence-electron chi connectivity index (χ1n) is 6.26. The third kappa shape index (κ3) is 3.51. The molecule has 0 radical (unpaired) electrons. The minimum atomic E-state index is -0.812. The van der Waals surface area contributed by atoms with Gasteiger partial charge in [-0.15, -0.1) is 11.8 Å². The molecular formula is C15H16N2O2S. The number of fused-ring (bicyclic) bond motifs is 1. The van der Waals surface area contributed by atoms with Gasteiger partial charge in [-0.05, 0) is 23.3 Å². The van der Waals surface area contributed by atoms with Gasteiger partial charge >= 0.3 is 6.03 Å². The topological polar surface area (TPSA) is 72.2 Å². The Morgan fingerprint density at radius 2 is 1.90 bits per heavy atom. The summed E-state index contributed by atoms with van der Waals surface area (Å²) >= 11 is 1.47. The van der Waals surface area contributed by atoms with Crippen molar-refractivity contribution in [1.29, 1.82) is 0 Å². The van der Waals surface area contributed by atoms with Gasteiger partial charge in [-0.1, -0.05) is 42.5 Å². The van der Waals surface area contributed by atoms with Crippen molar-refractivity contribution in [3.05, 3.63) is 48.0 Å². The first-order chi connectivity index (χ1) is 9.58. The Morgan fingerprint density at radius 3 is 2.65 bits per heavy atom. The Labute approximate surface area is 121 Å². The van der Waals surface area contributed by atoms with Crippen LogP contribution < -0.4 is 11.1 Å². The molecule has 0 aromatic heterocycles. The third-order valence-electron chi connectivity index (χ3n) is 2.98. The zero-order chi connectivity index (χ0) is 14.5. The van der Waals surface area contributed by atoms with Crippen molar-refractivity contribution in [3.63, 3.8) is 0 Å². The van der Waals surface area contributed by atoms with E-state index in [-0.39, 0.29) is 11.2 Å². The third-order valence-corrected chi connectivity index (χ3v) is 4.18. The number of imide groups is 1. The Bertz CT molecular complexity index is 637. The summed E-state index contributed by atoms with van der Waals surface area (Å²) in [6.45, 7) is 1.76. The number of benzene rings is 2. The van der Waals surface area contributed by atoms with Crippen molar-refractivity contribution < 1.29 is 9.59 Å². The van der Waals surface area contributed by atoms with E-state index in [0.29, 0.717) is 5.75 Å². The molecular weight excluding hydrogens is 272 g/mol. The van der Waals surface area contributed by atoms with Gasteiger partial charge < -0.3 is 5.73 Å². The molecule has 2 rings (SSSR count). The van der Waals surface area contributed by atoms with Gasteiger partial charge in [-0.25, -0.2) is 4.79 Å². The highest BCUT2D eigenvalue weighted by Crippen LogP contribution is 2.24. The Morgan fingerprint density at radius 1 is 1.20 bits per heavy atom. The normalized spacial score (nSPS) is 12.1. The molecule has 3 amide bonds. The van der Waals surface area contributed by atoms with Gasteiger partial charge in [0.25, 0.3) is 0 Å². The molecule has 0 heterocycles. The number of carbonyl (C=O) groups is 2. The summed E-state index contributed by atoms with van der Waals surface area (Å²) in [7, 11) is 0. The number of hydrogen-bond donors (Lipinski definition) is 2. The molecule has 0 saturated carbocycles. The van der Waals surface area contributed by atoms with Crippen molar-refractivity contribution >= 4 is 34.5 Å². The van der Waals surface area contributed by atoms with Gasteiger partial charge in [0.2, 0.25) is 5.91 Å². The van der Waals surface area contributed by atoms with Crippen LogP contribution in [0.25, 0.3) is 10.8 Å². The molecule has 0 aliphatic carbocycles. The maximum Gasteiger partial charge on any atom is 0.318 e. The fourth-order valence-corrected chi connectivity index (χ4v) is 2.82. The van der Waals surface area contributed by atoms with E-state index in [4.69, 9.17) is 5.73 Å². The molecule has 5 heteroatoms. The largest absolute Gasteiger partial charge is 0.351 e. The molecule has 0 bridgehead atoms. The van der Waals surface area contributed by atoms with Crippen molar-refractivity contribution in [3.8, 4) is 0 Å². The van der Waals surface area contributed by atoms with Gasteiger partial charge in [0.05, 0.1) is 5.25 Å². The summed E-state index contributed by atoms with van der Waals surface area (Å²) in [5, 5.41) is 4.13. The van der Waals surface area contributed by atoms with Crippen molar-refractivity contribution in [2.75, 3.05) is 0 Å². The minimum Gasteiger partial charge on any atom is -0.351 e. The molecule has 0 aliphatic rings. The number of carbonyl (C=O) groups excluding carboxylic acids is 2. The van der Waals surface area contributed by atoms with Crippen LogP contribution in [0, 0.1) is 0 Å². The average Bonchev–Trinajstić information content (AvgIpc) is 2.44. The lowest BCUT2D eigenvalue weighted by Gasteiger charge is -2.11. The summed E-state index contributed by atoms with van der Waals surface area (Å²) in [5.74, 6) is 0.345. The van der Waals surface area contributed by atoms with Crippen LogP contribution >= 0.6 is 11.8 Å². The molecule has 104 valence electrons. The zero-order valence-electron chi connectivity index (χ0n) is 11.1. The standard InChI is InChI=1S/C15H16N2O2S/c1-10(14(18)17-15(16)19)20-9-12-7-4-6-11-5-2-3-8-13(11)12/h2-8,10H,9H2,1H3,(H3,16,17,18,19)/t10-/m1/s1. The van der Waals surface area contributed by atoms with Crippen LogP contribution in [0.1, 0.15) is 12.5 Å². The molecule has 0 unspecified atom stereocenters. The monoisotopic (exact) mass is 288 g/mol. The second kappa shape index (κ2) is 6.43. The fraction of sp³-hybridized carbons (Fsp3) is 0.200. The maximum absolute atomic E-state index is 11.6. The molecule has 3 N–H and O–H groups in total. The summed E-state index contributed by atoms with van der Waals surface area (Å²) in [5.41, 5.74) is 6.11. The number of amides is 3. The van der Waals surface area contributed by atoms with Crippen LogP contribution in [-0.4, -0.2) is 17.2 Å². The predicted molar refractivity (Wildman–Crippen MR) is 82.4 cm³/mol. The van der Waals surface area contributed by atoms with E-state index >= 15 is 0 Å². The molecule has 0 fully saturated rings. The number of rotatable bonds is 4. The smallest absolute Gasteiger partial charge is 0.318 e. The molecule has 2 aromatic rings. The Balaban J connectivity index is 2.06. The highest BCUT2D eigenvalue weighted by atomic mass is 32.2. The maximum atomic E-state index is 11.6. The first kappa shape index (κ1) is 14.4. The lowest BCUT2D eigenvalue weighted by Crippen LogP contribution is -2.39. The van der Waals surface area contributed by atoms with Crippen LogP contribution in [0.5, 0.6) is 0 Å². The van der Waals surface area contributed by atoms with Gasteiger partial charge in [0, 0.05) is 5.75 Å². The number of nitrogens with two attached hydrogens (primary N) is 1. The van der Waals surface area contributed by atoms with E-state index in [1.807, 2.05) is 24.3 Å². The second-order valence-electron chi connectivity index (χ2n) is 4.45. The molecule has 2 aromatic carbocycles. The predicted octanol–water partition coefficient (Wildman–Crippen LogP) is 2.66. The van der Waals surface area contributed by atoms with E-state index in [0.717, 1.165) is 0 Å². The van der Waals surface area contributed by atoms with E-state index in [1.165, 1.54) is 28.1 Å². The zero-order valence-corrected chi connectivity index (χ0v) is 11.9. The van der Waals surface area contributed by atoms with Gasteiger partial charge in [-0.3, -0.25) is 10.1 Å². The Kier molecular flexibility index (Phi) is 4.63. The van der Waals surface area contributed by atoms with Crippen molar-refractivity contribution in [2.45, 2.75) is 17.9 Å². The van der Waals surface area contributed by atoms with E-state index in [2.05, 4.69) is 23.5 Å². The number of hydrogen-bond acceptors (Lipinski definition) is 3. The van der Waals surface area contributed by atoms with E-state index in [1.54, 1.807) is 6.92 Å². The van der Waals surface area contributed by atoms with Gasteiger partial charge in [0.1, 0.15) is 0 Å². The molecule has 20 heavy (non-hydrogen) atoms. The first-order valence-corrected chi connectivity index (χ1v) is 7.31. The van der Waals surface area contributed by atoms with E-state index in [9.17, 15) is 9.59 Å². The van der Waals surface area contributed by atoms with Crippen LogP contribution in [0.4, 0.5) is 4.79 Å². The summed E-state index contributed by atoms with van der Waals surface area (Å²) in [6.07, 6.45) is 0. The Hall–Kier alpha value is -2.01. The number of nitrogens with one attached hydrogen (secondary N) is 1. The quantitative estimate of drug-likeness (QED) is 0.908. The highest BCUT2D eigenvalue weighted by Gasteiger charge is 2.15. The summed E-state index contributed by atoms with van der Waals surface area (Å²) in [6, 6.07) is 13.4. The molecule has 4 nitrogen and oxygen atoms in total. The molecule has 0 spiro atoms. The molecule has 0 aliphatic heterocycles. The lowest BCUT2D eigenvalue weighted by molar-refractivity contribution is -0.119. The van der Waals surface area contributed by atoms with Crippen LogP contribution in [-0.2, 0) is 10.5 Å². The molecule has 1 atom stereocenters. The van der Waals surface area contributed by atoms with Crippen LogP contribution in [0.2, 0.25) is 0 Å². The van der Waals surface area contributed by atoms with Crippen LogP contribution in [0.15, 0.2) is 42.5 Å². The minimum absolute atomic E-state index is 0.332. The number of thioether (sulfide) groups is 1. The summed E-state index contributed by atoms with van der Waals surface area (Å²) < 4.78 is 0. The number of urea groups is 1. The van der Waals surface area contributed by atoms with Gasteiger partial charge in [-0.2, -0.15) is 0 Å². The SMILES string of the molecule is C[C@@H](SCc1cccc2ccccc12)C(=O)NC(N)=O. The van der Waals surface area contributed by atoms with Crippen molar-refractivity contribution in [2.24, 2.45) is 5.73 Å². The van der Waals surface area contributed by atoms with Gasteiger partial charge in [0.15, 0.2) is 0 Å². The van der Waals surface area contributed by atoms with Crippen molar-refractivity contribution in [1.82, 2.24) is 5.32 Å². The second-order valence-corrected chi connectivity index (χ2v) is 5.77. The van der Waals surface area contributed by atoms with E-state index < -0.39 is 6.03 Å². The fourth-order valence-electron chi connectivity index (χ4n) is 1.93.